The molecular weight excluding hydrogens is 262 g/mol. The van der Waals surface area contributed by atoms with E-state index in [2.05, 4.69) is 4.98 Å². The molecule has 3 rings (SSSR count). The van der Waals surface area contributed by atoms with E-state index < -0.39 is 5.60 Å². The maximum absolute atomic E-state index is 11.2. The number of hydrogen-bond donors (Lipinski definition) is 1. The molecule has 3 heteroatoms. The Morgan fingerprint density at radius 2 is 1.81 bits per heavy atom. The molecule has 2 aromatic carbocycles. The van der Waals surface area contributed by atoms with Crippen molar-refractivity contribution in [2.75, 3.05) is 13.7 Å². The van der Waals surface area contributed by atoms with Crippen LogP contribution in [0.15, 0.2) is 66.9 Å². The van der Waals surface area contributed by atoms with Gasteiger partial charge in [-0.05, 0) is 23.3 Å². The van der Waals surface area contributed by atoms with Gasteiger partial charge in [0, 0.05) is 18.7 Å². The van der Waals surface area contributed by atoms with E-state index in [0.29, 0.717) is 0 Å². The molecule has 1 atom stereocenters. The minimum Gasteiger partial charge on any atom is -0.381 e. The van der Waals surface area contributed by atoms with Crippen molar-refractivity contribution in [2.45, 2.75) is 5.60 Å². The number of hydrogen-bond acceptors (Lipinski definition) is 3. The van der Waals surface area contributed by atoms with Crippen LogP contribution in [0.3, 0.4) is 0 Å². The molecule has 1 heterocycles. The Balaban J connectivity index is 2.15. The molecule has 0 aliphatic heterocycles. The molecule has 1 unspecified atom stereocenters. The SMILES string of the molecule is COCC(O)(c1ccccc1)c1ccc2cccnc2c1. The monoisotopic (exact) mass is 279 g/mol. The van der Waals surface area contributed by atoms with Gasteiger partial charge < -0.3 is 9.84 Å². The van der Waals surface area contributed by atoms with Crippen LogP contribution in [-0.2, 0) is 10.3 Å². The van der Waals surface area contributed by atoms with Crippen LogP contribution < -0.4 is 0 Å². The van der Waals surface area contributed by atoms with Gasteiger partial charge in [-0.1, -0.05) is 48.5 Å². The molecule has 0 spiro atoms. The predicted octanol–water partition coefficient (Wildman–Crippen LogP) is 3.12. The third-order valence-electron chi connectivity index (χ3n) is 3.69. The molecule has 1 N–H and O–H groups in total. The lowest BCUT2D eigenvalue weighted by Crippen LogP contribution is -2.32. The van der Waals surface area contributed by atoms with Gasteiger partial charge in [-0.2, -0.15) is 0 Å². The number of benzene rings is 2. The van der Waals surface area contributed by atoms with Crippen molar-refractivity contribution >= 4 is 10.9 Å². The van der Waals surface area contributed by atoms with Crippen LogP contribution in [0.5, 0.6) is 0 Å². The highest BCUT2D eigenvalue weighted by atomic mass is 16.5. The molecule has 106 valence electrons. The molecule has 0 amide bonds. The average molecular weight is 279 g/mol. The molecule has 0 saturated carbocycles. The van der Waals surface area contributed by atoms with Gasteiger partial charge in [0.25, 0.3) is 0 Å². The summed E-state index contributed by atoms with van der Waals surface area (Å²) in [7, 11) is 1.59. The molecule has 1 aromatic heterocycles. The summed E-state index contributed by atoms with van der Waals surface area (Å²) in [5, 5.41) is 12.2. The number of fused-ring (bicyclic) bond motifs is 1. The zero-order chi connectivity index (χ0) is 14.7. The molecule has 0 saturated heterocycles. The first-order valence-corrected chi connectivity index (χ1v) is 6.86. The summed E-state index contributed by atoms with van der Waals surface area (Å²) >= 11 is 0. The second kappa shape index (κ2) is 5.64. The Labute approximate surface area is 123 Å². The normalized spacial score (nSPS) is 14.0. The zero-order valence-corrected chi connectivity index (χ0v) is 11.9. The molecule has 0 bridgehead atoms. The number of methoxy groups -OCH3 is 1. The number of ether oxygens (including phenoxy) is 1. The number of nitrogens with zero attached hydrogens (tertiary/aromatic N) is 1. The number of aliphatic hydroxyl groups is 1. The summed E-state index contributed by atoms with van der Waals surface area (Å²) < 4.78 is 5.26. The molecule has 21 heavy (non-hydrogen) atoms. The fraction of sp³-hybridized carbons (Fsp3) is 0.167. The lowest BCUT2D eigenvalue weighted by Gasteiger charge is -2.28. The summed E-state index contributed by atoms with van der Waals surface area (Å²) in [5.41, 5.74) is 1.27. The van der Waals surface area contributed by atoms with E-state index in [1.807, 2.05) is 60.7 Å². The number of rotatable bonds is 4. The number of pyridine rings is 1. The first-order valence-electron chi connectivity index (χ1n) is 6.86. The molecule has 3 nitrogen and oxygen atoms in total. The zero-order valence-electron chi connectivity index (χ0n) is 11.9. The van der Waals surface area contributed by atoms with E-state index in [4.69, 9.17) is 4.74 Å². The third kappa shape index (κ3) is 2.53. The van der Waals surface area contributed by atoms with Crippen LogP contribution in [0, 0.1) is 0 Å². The highest BCUT2D eigenvalue weighted by Crippen LogP contribution is 2.31. The second-order valence-corrected chi connectivity index (χ2v) is 5.07. The predicted molar refractivity (Wildman–Crippen MR) is 83.1 cm³/mol. The maximum Gasteiger partial charge on any atom is 0.138 e. The largest absolute Gasteiger partial charge is 0.381 e. The Morgan fingerprint density at radius 3 is 2.57 bits per heavy atom. The van der Waals surface area contributed by atoms with Gasteiger partial charge >= 0.3 is 0 Å². The van der Waals surface area contributed by atoms with E-state index in [-0.39, 0.29) is 6.61 Å². The van der Waals surface area contributed by atoms with Crippen LogP contribution in [0.2, 0.25) is 0 Å². The highest BCUT2D eigenvalue weighted by Gasteiger charge is 2.31. The van der Waals surface area contributed by atoms with Crippen LogP contribution in [0.1, 0.15) is 11.1 Å². The van der Waals surface area contributed by atoms with E-state index in [0.717, 1.165) is 22.0 Å². The standard InChI is InChI=1S/C18H17NO2/c1-21-13-18(20,15-7-3-2-4-8-15)16-10-9-14-6-5-11-19-17(14)12-16/h2-12,20H,13H2,1H3. The molecule has 0 fully saturated rings. The van der Waals surface area contributed by atoms with Crippen molar-refractivity contribution in [3.05, 3.63) is 78.0 Å². The van der Waals surface area contributed by atoms with Crippen molar-refractivity contribution < 1.29 is 9.84 Å². The highest BCUT2D eigenvalue weighted by molar-refractivity contribution is 5.79. The molecule has 3 aromatic rings. The van der Waals surface area contributed by atoms with Gasteiger partial charge in [0.2, 0.25) is 0 Å². The third-order valence-corrected chi connectivity index (χ3v) is 3.69. The summed E-state index contributed by atoms with van der Waals surface area (Å²) in [6.45, 7) is 0.190. The fourth-order valence-corrected chi connectivity index (χ4v) is 2.58. The van der Waals surface area contributed by atoms with E-state index in [1.54, 1.807) is 13.3 Å². The van der Waals surface area contributed by atoms with Crippen LogP contribution in [0.25, 0.3) is 10.9 Å². The first kappa shape index (κ1) is 13.7. The molecule has 0 aliphatic rings. The average Bonchev–Trinajstić information content (AvgIpc) is 2.55. The minimum atomic E-state index is -1.18. The van der Waals surface area contributed by atoms with Gasteiger partial charge in [0.05, 0.1) is 12.1 Å². The van der Waals surface area contributed by atoms with Gasteiger partial charge in [-0.3, -0.25) is 4.98 Å². The molecule has 0 radical (unpaired) electrons. The Bertz CT molecular complexity index is 742. The van der Waals surface area contributed by atoms with Gasteiger partial charge in [-0.15, -0.1) is 0 Å². The summed E-state index contributed by atoms with van der Waals surface area (Å²) in [5.74, 6) is 0. The Hall–Kier alpha value is -2.23. The first-order chi connectivity index (χ1) is 10.2. The van der Waals surface area contributed by atoms with Crippen molar-refractivity contribution in [3.63, 3.8) is 0 Å². The summed E-state index contributed by atoms with van der Waals surface area (Å²) in [6, 6.07) is 19.3. The molecular formula is C18H17NO2. The topological polar surface area (TPSA) is 42.4 Å². The Morgan fingerprint density at radius 1 is 1.00 bits per heavy atom. The van der Waals surface area contributed by atoms with Crippen LogP contribution >= 0.6 is 0 Å². The lowest BCUT2D eigenvalue weighted by atomic mass is 9.86. The van der Waals surface area contributed by atoms with Crippen LogP contribution in [0.4, 0.5) is 0 Å². The van der Waals surface area contributed by atoms with Gasteiger partial charge in [0.1, 0.15) is 5.60 Å². The quantitative estimate of drug-likeness (QED) is 0.798. The smallest absolute Gasteiger partial charge is 0.138 e. The van der Waals surface area contributed by atoms with E-state index >= 15 is 0 Å². The molecule has 0 aliphatic carbocycles. The Kier molecular flexibility index (Phi) is 3.69. The van der Waals surface area contributed by atoms with Crippen molar-refractivity contribution in [2.24, 2.45) is 0 Å². The fourth-order valence-electron chi connectivity index (χ4n) is 2.58. The van der Waals surface area contributed by atoms with E-state index in [1.165, 1.54) is 0 Å². The second-order valence-electron chi connectivity index (χ2n) is 5.07. The maximum atomic E-state index is 11.2. The van der Waals surface area contributed by atoms with Crippen molar-refractivity contribution in [1.29, 1.82) is 0 Å². The summed E-state index contributed by atoms with van der Waals surface area (Å²) in [4.78, 5) is 4.36. The van der Waals surface area contributed by atoms with Crippen molar-refractivity contribution in [1.82, 2.24) is 4.98 Å². The number of aromatic nitrogens is 1. The lowest BCUT2D eigenvalue weighted by molar-refractivity contribution is -0.00319. The van der Waals surface area contributed by atoms with Crippen molar-refractivity contribution in [3.8, 4) is 0 Å². The van der Waals surface area contributed by atoms with Gasteiger partial charge in [0.15, 0.2) is 0 Å². The minimum absolute atomic E-state index is 0.190. The van der Waals surface area contributed by atoms with E-state index in [9.17, 15) is 5.11 Å². The van der Waals surface area contributed by atoms with Crippen LogP contribution in [-0.4, -0.2) is 23.8 Å². The summed E-state index contributed by atoms with van der Waals surface area (Å²) in [6.07, 6.45) is 1.75. The van der Waals surface area contributed by atoms with Gasteiger partial charge in [-0.25, -0.2) is 0 Å².